The van der Waals surface area contributed by atoms with Crippen molar-refractivity contribution >= 4 is 33.5 Å². The van der Waals surface area contributed by atoms with E-state index in [9.17, 15) is 14.9 Å². The molecular weight excluding hydrogens is 438 g/mol. The molecule has 4 aromatic rings. The number of aromatic nitrogens is 1. The first-order valence-electron chi connectivity index (χ1n) is 11.8. The third-order valence-electron chi connectivity index (χ3n) is 7.13. The molecule has 0 saturated heterocycles. The highest BCUT2D eigenvalue weighted by Gasteiger charge is 2.41. The van der Waals surface area contributed by atoms with Crippen molar-refractivity contribution in [2.24, 2.45) is 5.41 Å². The van der Waals surface area contributed by atoms with E-state index >= 15 is 0 Å². The predicted octanol–water partition coefficient (Wildman–Crippen LogP) is 6.85. The lowest BCUT2D eigenvalue weighted by molar-refractivity contribution is -0.384. The van der Waals surface area contributed by atoms with Gasteiger partial charge < -0.3 is 9.88 Å². The Morgan fingerprint density at radius 1 is 1.00 bits per heavy atom. The largest absolute Gasteiger partial charge is 0.372 e. The number of allylic oxidation sites excluding steroid dienone is 1. The predicted molar refractivity (Wildman–Crippen MR) is 138 cm³/mol. The number of anilines is 1. The maximum absolute atomic E-state index is 13.7. The number of ketones is 1. The van der Waals surface area contributed by atoms with Crippen molar-refractivity contribution in [3.63, 3.8) is 0 Å². The monoisotopic (exact) mass is 463 g/mol. The minimum atomic E-state index is -0.389. The Morgan fingerprint density at radius 3 is 2.66 bits per heavy atom. The minimum Gasteiger partial charge on any atom is -0.372 e. The van der Waals surface area contributed by atoms with E-state index in [0.717, 1.165) is 45.3 Å². The molecule has 1 N–H and O–H groups in total. The SMILES string of the molecule is CC1(C)CC(=O)C2=C(C1)c1c(ccc3ccccc13)N[C@@H]2c1cccn1-c1cccc([N+](=O)[O-])c1. The van der Waals surface area contributed by atoms with Gasteiger partial charge in [0.2, 0.25) is 0 Å². The summed E-state index contributed by atoms with van der Waals surface area (Å²) in [4.78, 5) is 24.7. The smallest absolute Gasteiger partial charge is 0.271 e. The van der Waals surface area contributed by atoms with Crippen LogP contribution < -0.4 is 5.32 Å². The van der Waals surface area contributed by atoms with Crippen LogP contribution in [0.2, 0.25) is 0 Å². The van der Waals surface area contributed by atoms with Crippen LogP contribution in [-0.2, 0) is 4.79 Å². The molecule has 0 unspecified atom stereocenters. The van der Waals surface area contributed by atoms with E-state index < -0.39 is 0 Å². The highest BCUT2D eigenvalue weighted by Crippen LogP contribution is 2.52. The maximum Gasteiger partial charge on any atom is 0.271 e. The van der Waals surface area contributed by atoms with Crippen molar-refractivity contribution < 1.29 is 9.72 Å². The molecule has 0 fully saturated rings. The summed E-state index contributed by atoms with van der Waals surface area (Å²) >= 11 is 0. The third-order valence-corrected chi connectivity index (χ3v) is 7.13. The number of nitrogens with one attached hydrogen (secondary N) is 1. The molecule has 6 heteroatoms. The van der Waals surface area contributed by atoms with E-state index in [-0.39, 0.29) is 27.9 Å². The topological polar surface area (TPSA) is 77.2 Å². The molecule has 0 spiro atoms. The molecule has 0 amide bonds. The fraction of sp³-hybridized carbons (Fsp3) is 0.207. The van der Waals surface area contributed by atoms with Gasteiger partial charge in [-0.2, -0.15) is 0 Å². The highest BCUT2D eigenvalue weighted by molar-refractivity contribution is 6.12. The molecule has 1 aliphatic carbocycles. The second-order valence-electron chi connectivity index (χ2n) is 10.2. The van der Waals surface area contributed by atoms with E-state index in [2.05, 4.69) is 43.4 Å². The Kier molecular flexibility index (Phi) is 4.68. The zero-order valence-electron chi connectivity index (χ0n) is 19.6. The van der Waals surface area contributed by atoms with Gasteiger partial charge in [0.25, 0.3) is 5.69 Å². The Balaban J connectivity index is 1.57. The van der Waals surface area contributed by atoms with Crippen molar-refractivity contribution in [2.75, 3.05) is 5.32 Å². The van der Waals surface area contributed by atoms with Crippen LogP contribution in [0.5, 0.6) is 0 Å². The molecule has 6 nitrogen and oxygen atoms in total. The number of hydrogen-bond acceptors (Lipinski definition) is 4. The van der Waals surface area contributed by atoms with Crippen LogP contribution in [0.25, 0.3) is 22.0 Å². The average Bonchev–Trinajstić information content (AvgIpc) is 3.32. The first-order valence-corrected chi connectivity index (χ1v) is 11.8. The summed E-state index contributed by atoms with van der Waals surface area (Å²) in [5.41, 5.74) is 5.50. The summed E-state index contributed by atoms with van der Waals surface area (Å²) < 4.78 is 1.94. The number of non-ortho nitro benzene ring substituents is 1. The molecule has 0 radical (unpaired) electrons. The van der Waals surface area contributed by atoms with Gasteiger partial charge in [-0.15, -0.1) is 0 Å². The molecule has 35 heavy (non-hydrogen) atoms. The van der Waals surface area contributed by atoms with E-state index in [1.807, 2.05) is 41.1 Å². The molecule has 174 valence electrons. The average molecular weight is 464 g/mol. The maximum atomic E-state index is 13.7. The highest BCUT2D eigenvalue weighted by atomic mass is 16.6. The number of Topliss-reactive ketones (excluding diaryl/α,β-unsaturated/α-hetero) is 1. The number of fused-ring (bicyclic) bond motifs is 4. The number of carbonyl (C=O) groups excluding carboxylic acids is 1. The summed E-state index contributed by atoms with van der Waals surface area (Å²) in [6, 6.07) is 22.6. The second-order valence-corrected chi connectivity index (χ2v) is 10.2. The molecule has 2 heterocycles. The standard InChI is InChI=1S/C29H25N3O3/c1-29(2)16-22-26-21-10-4-3-7-18(21)12-13-23(26)30-28(27(22)25(33)17-29)24-11-6-14-31(24)19-8-5-9-20(15-19)32(34)35/h3-15,28,30H,16-17H2,1-2H3/t28-/m1/s1. The van der Waals surface area contributed by atoms with Crippen molar-refractivity contribution in [1.29, 1.82) is 0 Å². The summed E-state index contributed by atoms with van der Waals surface area (Å²) in [5, 5.41) is 17.3. The van der Waals surface area contributed by atoms with Crippen molar-refractivity contribution in [3.8, 4) is 5.69 Å². The Hall–Kier alpha value is -4.19. The van der Waals surface area contributed by atoms with Crippen LogP contribution in [0.15, 0.2) is 84.6 Å². The van der Waals surface area contributed by atoms with Crippen LogP contribution in [0.4, 0.5) is 11.4 Å². The zero-order valence-corrected chi connectivity index (χ0v) is 19.6. The van der Waals surface area contributed by atoms with Crippen LogP contribution in [0.1, 0.15) is 44.0 Å². The zero-order chi connectivity index (χ0) is 24.3. The fourth-order valence-corrected chi connectivity index (χ4v) is 5.68. The first-order chi connectivity index (χ1) is 16.8. The summed E-state index contributed by atoms with van der Waals surface area (Å²) in [5.74, 6) is 0.152. The normalized spacial score (nSPS) is 18.7. The Bertz CT molecular complexity index is 1560. The van der Waals surface area contributed by atoms with Gasteiger partial charge in [-0.25, -0.2) is 0 Å². The fourth-order valence-electron chi connectivity index (χ4n) is 5.68. The number of rotatable bonds is 3. The van der Waals surface area contributed by atoms with Crippen LogP contribution in [0, 0.1) is 15.5 Å². The number of carbonyl (C=O) groups is 1. The van der Waals surface area contributed by atoms with Crippen molar-refractivity contribution in [2.45, 2.75) is 32.7 Å². The van der Waals surface area contributed by atoms with Crippen molar-refractivity contribution in [1.82, 2.24) is 4.57 Å². The minimum absolute atomic E-state index is 0.0333. The molecule has 0 saturated carbocycles. The summed E-state index contributed by atoms with van der Waals surface area (Å²) in [6.45, 7) is 4.31. The molecule has 1 aromatic heterocycles. The van der Waals surface area contributed by atoms with Gasteiger partial charge in [0.15, 0.2) is 5.78 Å². The van der Waals surface area contributed by atoms with Gasteiger partial charge in [0.1, 0.15) is 0 Å². The van der Waals surface area contributed by atoms with Gasteiger partial charge in [-0.3, -0.25) is 14.9 Å². The molecule has 2 aliphatic rings. The number of nitro groups is 1. The number of nitrogens with zero attached hydrogens (tertiary/aromatic N) is 2. The summed E-state index contributed by atoms with van der Waals surface area (Å²) in [7, 11) is 0. The second kappa shape index (κ2) is 7.67. The molecule has 1 atom stereocenters. The van der Waals surface area contributed by atoms with E-state index in [0.29, 0.717) is 12.1 Å². The van der Waals surface area contributed by atoms with E-state index in [1.165, 1.54) is 6.07 Å². The lowest BCUT2D eigenvalue weighted by Gasteiger charge is -2.40. The number of benzene rings is 3. The van der Waals surface area contributed by atoms with Crippen LogP contribution in [-0.4, -0.2) is 15.3 Å². The van der Waals surface area contributed by atoms with Gasteiger partial charge in [-0.05, 0) is 52.4 Å². The number of nitro benzene ring substituents is 1. The summed E-state index contributed by atoms with van der Waals surface area (Å²) in [6.07, 6.45) is 3.19. The molecule has 3 aromatic carbocycles. The van der Waals surface area contributed by atoms with Gasteiger partial charge in [0, 0.05) is 47.3 Å². The van der Waals surface area contributed by atoms with Gasteiger partial charge in [-0.1, -0.05) is 50.2 Å². The first kappa shape index (κ1) is 21.4. The molecule has 1 aliphatic heterocycles. The van der Waals surface area contributed by atoms with Gasteiger partial charge in [0.05, 0.1) is 16.7 Å². The molecular formula is C29H25N3O3. The molecule has 0 bridgehead atoms. The van der Waals surface area contributed by atoms with Crippen LogP contribution in [0.3, 0.4) is 0 Å². The van der Waals surface area contributed by atoms with Crippen LogP contribution >= 0.6 is 0 Å². The van der Waals surface area contributed by atoms with Gasteiger partial charge >= 0.3 is 0 Å². The van der Waals surface area contributed by atoms with Crippen molar-refractivity contribution in [3.05, 3.63) is 106 Å². The van der Waals surface area contributed by atoms with E-state index in [1.54, 1.807) is 12.1 Å². The Labute approximate surface area is 203 Å². The Morgan fingerprint density at radius 2 is 1.83 bits per heavy atom. The lowest BCUT2D eigenvalue weighted by atomic mass is 9.68. The quantitative estimate of drug-likeness (QED) is 0.266. The number of hydrogen-bond donors (Lipinski definition) is 1. The van der Waals surface area contributed by atoms with E-state index in [4.69, 9.17) is 0 Å². The third kappa shape index (κ3) is 3.44. The molecule has 6 rings (SSSR count). The lowest BCUT2D eigenvalue weighted by Crippen LogP contribution is -2.33.